The Balaban J connectivity index is 1.44. The van der Waals surface area contributed by atoms with Crippen molar-refractivity contribution in [2.75, 3.05) is 26.2 Å². The van der Waals surface area contributed by atoms with Crippen LogP contribution in [0.5, 0.6) is 5.75 Å². The Hall–Kier alpha value is -2.83. The van der Waals surface area contributed by atoms with Gasteiger partial charge in [-0.25, -0.2) is 0 Å². The van der Waals surface area contributed by atoms with Crippen LogP contribution in [0.15, 0.2) is 42.7 Å². The average molecular weight is 439 g/mol. The Morgan fingerprint density at radius 3 is 2.88 bits per heavy atom. The molecule has 7 nitrogen and oxygen atoms in total. The predicted octanol–water partition coefficient (Wildman–Crippen LogP) is 3.29. The highest BCUT2D eigenvalue weighted by molar-refractivity contribution is 5.77. The van der Waals surface area contributed by atoms with E-state index in [0.717, 1.165) is 38.0 Å². The molecule has 1 aromatic heterocycles. The van der Waals surface area contributed by atoms with Crippen LogP contribution in [0.2, 0.25) is 0 Å². The van der Waals surface area contributed by atoms with E-state index in [0.29, 0.717) is 51.5 Å². The highest BCUT2D eigenvalue weighted by atomic mass is 16.5. The van der Waals surface area contributed by atoms with Crippen molar-refractivity contribution in [3.8, 4) is 5.75 Å². The standard InChI is InChI=1S/C25H34N4O3/c30-24(12-17-28-15-5-13-26-28)27-14-4-9-25(31)29-16-2-1-7-22(29)11-10-21-6-3-8-23(20-21)32-19-18-27/h3,5-6,8,13,15,20,22H,1-2,4,7,9-12,14,16-19H2. The highest BCUT2D eigenvalue weighted by Gasteiger charge is 2.26. The van der Waals surface area contributed by atoms with E-state index in [1.165, 1.54) is 12.0 Å². The first-order valence-electron chi connectivity index (χ1n) is 12.0. The van der Waals surface area contributed by atoms with Crippen molar-refractivity contribution in [3.05, 3.63) is 48.3 Å². The Morgan fingerprint density at radius 1 is 1.06 bits per heavy atom. The molecule has 0 spiro atoms. The Bertz CT molecular complexity index is 883. The van der Waals surface area contributed by atoms with E-state index in [9.17, 15) is 9.59 Å². The van der Waals surface area contributed by atoms with Gasteiger partial charge in [0, 0.05) is 50.9 Å². The van der Waals surface area contributed by atoms with E-state index in [1.807, 2.05) is 29.3 Å². The predicted molar refractivity (Wildman–Crippen MR) is 122 cm³/mol. The van der Waals surface area contributed by atoms with Crippen LogP contribution in [0.3, 0.4) is 0 Å². The quantitative estimate of drug-likeness (QED) is 0.738. The maximum atomic E-state index is 13.0. The van der Waals surface area contributed by atoms with Crippen molar-refractivity contribution < 1.29 is 14.3 Å². The molecular weight excluding hydrogens is 404 g/mol. The van der Waals surface area contributed by atoms with Gasteiger partial charge in [-0.1, -0.05) is 12.1 Å². The Morgan fingerprint density at radius 2 is 2.00 bits per heavy atom. The van der Waals surface area contributed by atoms with Crippen molar-refractivity contribution in [3.63, 3.8) is 0 Å². The molecule has 2 amide bonds. The smallest absolute Gasteiger partial charge is 0.224 e. The monoisotopic (exact) mass is 438 g/mol. The van der Waals surface area contributed by atoms with E-state index in [-0.39, 0.29) is 11.8 Å². The van der Waals surface area contributed by atoms with Gasteiger partial charge in [0.2, 0.25) is 11.8 Å². The molecule has 2 bridgehead atoms. The van der Waals surface area contributed by atoms with Gasteiger partial charge in [-0.05, 0) is 62.3 Å². The summed E-state index contributed by atoms with van der Waals surface area (Å²) in [6.45, 7) is 2.95. The fraction of sp³-hybridized carbons (Fsp3) is 0.560. The summed E-state index contributed by atoms with van der Waals surface area (Å²) in [6, 6.07) is 10.4. The van der Waals surface area contributed by atoms with Crippen molar-refractivity contribution in [1.29, 1.82) is 0 Å². The second-order valence-corrected chi connectivity index (χ2v) is 8.77. The molecule has 32 heavy (non-hydrogen) atoms. The lowest BCUT2D eigenvalue weighted by Crippen LogP contribution is -2.44. The molecule has 2 aliphatic rings. The van der Waals surface area contributed by atoms with Gasteiger partial charge in [0.15, 0.2) is 0 Å². The molecule has 0 radical (unpaired) electrons. The maximum Gasteiger partial charge on any atom is 0.224 e. The third-order valence-corrected chi connectivity index (χ3v) is 6.53. The van der Waals surface area contributed by atoms with Gasteiger partial charge in [-0.15, -0.1) is 0 Å². The fourth-order valence-corrected chi connectivity index (χ4v) is 4.75. The number of carbonyl (C=O) groups is 2. The Labute approximate surface area is 190 Å². The molecular formula is C25H34N4O3. The first-order valence-corrected chi connectivity index (χ1v) is 12.0. The number of nitrogens with zero attached hydrogens (tertiary/aromatic N) is 4. The van der Waals surface area contributed by atoms with E-state index >= 15 is 0 Å². The molecule has 0 N–H and O–H groups in total. The first kappa shape index (κ1) is 22.4. The number of piperidine rings is 1. The molecule has 1 atom stereocenters. The van der Waals surface area contributed by atoms with Crippen LogP contribution in [0.1, 0.15) is 50.5 Å². The summed E-state index contributed by atoms with van der Waals surface area (Å²) in [7, 11) is 0. The first-order chi connectivity index (χ1) is 15.7. The second-order valence-electron chi connectivity index (χ2n) is 8.77. The number of ether oxygens (including phenoxy) is 1. The number of carbonyl (C=O) groups excluding carboxylic acids is 2. The number of hydrogen-bond donors (Lipinski definition) is 0. The minimum Gasteiger partial charge on any atom is -0.492 e. The van der Waals surface area contributed by atoms with Gasteiger partial charge >= 0.3 is 0 Å². The molecule has 2 aromatic rings. The maximum absolute atomic E-state index is 13.0. The van der Waals surface area contributed by atoms with Crippen LogP contribution in [-0.4, -0.2) is 63.7 Å². The molecule has 2 aliphatic heterocycles. The van der Waals surface area contributed by atoms with Crippen molar-refractivity contribution in [2.45, 2.75) is 64.0 Å². The molecule has 172 valence electrons. The fourth-order valence-electron chi connectivity index (χ4n) is 4.75. The number of aromatic nitrogens is 2. The van der Waals surface area contributed by atoms with Gasteiger partial charge in [0.05, 0.1) is 6.54 Å². The van der Waals surface area contributed by atoms with Crippen LogP contribution >= 0.6 is 0 Å². The summed E-state index contributed by atoms with van der Waals surface area (Å²) >= 11 is 0. The molecule has 1 aromatic carbocycles. The summed E-state index contributed by atoms with van der Waals surface area (Å²) in [5.41, 5.74) is 1.24. The van der Waals surface area contributed by atoms with Crippen LogP contribution in [0, 0.1) is 0 Å². The molecule has 7 heteroatoms. The van der Waals surface area contributed by atoms with Gasteiger partial charge in [0.25, 0.3) is 0 Å². The minimum absolute atomic E-state index is 0.0745. The van der Waals surface area contributed by atoms with Crippen molar-refractivity contribution in [1.82, 2.24) is 19.6 Å². The van der Waals surface area contributed by atoms with Gasteiger partial charge in [-0.3, -0.25) is 14.3 Å². The zero-order valence-electron chi connectivity index (χ0n) is 18.8. The molecule has 0 aliphatic carbocycles. The van der Waals surface area contributed by atoms with Crippen LogP contribution < -0.4 is 4.74 Å². The lowest BCUT2D eigenvalue weighted by atomic mass is 9.95. The molecule has 4 rings (SSSR count). The molecule has 3 heterocycles. The van der Waals surface area contributed by atoms with Gasteiger partial charge < -0.3 is 14.5 Å². The Kier molecular flexibility index (Phi) is 7.80. The third kappa shape index (κ3) is 6.11. The number of rotatable bonds is 3. The van der Waals surface area contributed by atoms with E-state index in [2.05, 4.69) is 22.1 Å². The number of amides is 2. The van der Waals surface area contributed by atoms with Crippen LogP contribution in [0.4, 0.5) is 0 Å². The molecule has 0 saturated carbocycles. The number of aryl methyl sites for hydroxylation is 2. The largest absolute Gasteiger partial charge is 0.492 e. The number of hydrogen-bond acceptors (Lipinski definition) is 4. The van der Waals surface area contributed by atoms with Crippen molar-refractivity contribution >= 4 is 11.8 Å². The number of benzene rings is 1. The lowest BCUT2D eigenvalue weighted by molar-refractivity contribution is -0.136. The summed E-state index contributed by atoms with van der Waals surface area (Å²) in [6.07, 6.45) is 10.5. The minimum atomic E-state index is 0.0745. The van der Waals surface area contributed by atoms with Crippen LogP contribution in [0.25, 0.3) is 0 Å². The molecule has 1 unspecified atom stereocenters. The average Bonchev–Trinajstić information content (AvgIpc) is 3.34. The van der Waals surface area contributed by atoms with E-state index in [4.69, 9.17) is 4.74 Å². The zero-order valence-corrected chi connectivity index (χ0v) is 18.8. The SMILES string of the molecule is O=C(CCn1cccn1)N1CCCC(=O)N2CCCCC2CCc2cccc(c2)OCC1. The summed E-state index contributed by atoms with van der Waals surface area (Å²) in [4.78, 5) is 29.9. The second kappa shape index (κ2) is 11.2. The summed E-state index contributed by atoms with van der Waals surface area (Å²) in [5.74, 6) is 1.15. The van der Waals surface area contributed by atoms with Gasteiger partial charge in [-0.2, -0.15) is 5.10 Å². The van der Waals surface area contributed by atoms with E-state index < -0.39 is 0 Å². The van der Waals surface area contributed by atoms with Gasteiger partial charge in [0.1, 0.15) is 12.4 Å². The number of fused-ring (bicyclic) bond motifs is 3. The zero-order chi connectivity index (χ0) is 22.2. The third-order valence-electron chi connectivity index (χ3n) is 6.53. The van der Waals surface area contributed by atoms with Crippen LogP contribution in [-0.2, 0) is 22.6 Å². The molecule has 1 saturated heterocycles. The normalized spacial score (nSPS) is 20.6. The lowest BCUT2D eigenvalue weighted by Gasteiger charge is -2.36. The van der Waals surface area contributed by atoms with Crippen molar-refractivity contribution in [2.24, 2.45) is 0 Å². The summed E-state index contributed by atoms with van der Waals surface area (Å²) in [5, 5.41) is 4.18. The van der Waals surface area contributed by atoms with E-state index in [1.54, 1.807) is 10.9 Å². The molecule has 1 fully saturated rings. The highest BCUT2D eigenvalue weighted by Crippen LogP contribution is 2.24. The topological polar surface area (TPSA) is 67.7 Å². The summed E-state index contributed by atoms with van der Waals surface area (Å²) < 4.78 is 7.76.